The van der Waals surface area contributed by atoms with E-state index in [0.717, 1.165) is 0 Å². The molecule has 0 radical (unpaired) electrons. The fourth-order valence-corrected chi connectivity index (χ4v) is 0.633. The first-order valence-electron chi connectivity index (χ1n) is 3.14. The summed E-state index contributed by atoms with van der Waals surface area (Å²) in [6.45, 7) is 1.58. The molecule has 0 saturated carbocycles. The molecule has 1 amide bonds. The smallest absolute Gasteiger partial charge is 0.237 e. The van der Waals surface area contributed by atoms with Crippen molar-refractivity contribution >= 4 is 11.8 Å². The van der Waals surface area contributed by atoms with Crippen LogP contribution in [-0.2, 0) is 9.53 Å². The highest BCUT2D eigenvalue weighted by atomic mass is 16.5. The summed E-state index contributed by atoms with van der Waals surface area (Å²) in [7, 11) is 2.85. The quantitative estimate of drug-likeness (QED) is 0.254. The Labute approximate surface area is 65.0 Å². The van der Waals surface area contributed by atoms with Crippen LogP contribution in [-0.4, -0.2) is 31.2 Å². The number of hydrogen-bond acceptors (Lipinski definition) is 4. The lowest BCUT2D eigenvalue weighted by atomic mass is 10.1. The van der Waals surface area contributed by atoms with E-state index in [9.17, 15) is 4.79 Å². The van der Waals surface area contributed by atoms with Crippen LogP contribution in [0.1, 0.15) is 6.92 Å². The van der Waals surface area contributed by atoms with Crippen LogP contribution >= 0.6 is 0 Å². The van der Waals surface area contributed by atoms with Crippen molar-refractivity contribution in [2.45, 2.75) is 6.92 Å². The van der Waals surface area contributed by atoms with Crippen molar-refractivity contribution in [2.75, 3.05) is 14.2 Å². The number of rotatable bonds is 2. The van der Waals surface area contributed by atoms with E-state index in [0.29, 0.717) is 0 Å². The van der Waals surface area contributed by atoms with E-state index in [-0.39, 0.29) is 11.8 Å². The van der Waals surface area contributed by atoms with Gasteiger partial charge < -0.3 is 15.3 Å². The van der Waals surface area contributed by atoms with Gasteiger partial charge in [-0.3, -0.25) is 4.79 Å². The average molecular weight is 160 g/mol. The normalized spacial score (nSPS) is 13.9. The molecule has 5 heteroatoms. The molecular formula is C6H12N2O3. The number of nitrogens with zero attached hydrogens (tertiary/aromatic N) is 1. The molecule has 1 atom stereocenters. The van der Waals surface area contributed by atoms with E-state index >= 15 is 0 Å². The van der Waals surface area contributed by atoms with Gasteiger partial charge in [0.05, 0.1) is 7.11 Å². The monoisotopic (exact) mass is 160 g/mol. The van der Waals surface area contributed by atoms with Crippen LogP contribution in [0.2, 0.25) is 0 Å². The van der Waals surface area contributed by atoms with Crippen molar-refractivity contribution < 1.29 is 14.7 Å². The van der Waals surface area contributed by atoms with Gasteiger partial charge in [0, 0.05) is 7.05 Å². The number of ether oxygens (including phenoxy) is 1. The molecular weight excluding hydrogens is 148 g/mol. The molecule has 11 heavy (non-hydrogen) atoms. The summed E-state index contributed by atoms with van der Waals surface area (Å²) in [6, 6.07) is 0. The molecule has 0 aromatic carbocycles. The third-order valence-corrected chi connectivity index (χ3v) is 1.32. The van der Waals surface area contributed by atoms with Gasteiger partial charge in [-0.1, -0.05) is 5.16 Å². The molecule has 1 unspecified atom stereocenters. The number of methoxy groups -OCH3 is 1. The van der Waals surface area contributed by atoms with Crippen LogP contribution in [0.25, 0.3) is 0 Å². The fraction of sp³-hybridized carbons (Fsp3) is 0.667. The second-order valence-electron chi connectivity index (χ2n) is 1.98. The highest BCUT2D eigenvalue weighted by molar-refractivity contribution is 5.99. The highest BCUT2D eigenvalue weighted by Crippen LogP contribution is 1.98. The van der Waals surface area contributed by atoms with Gasteiger partial charge in [0.15, 0.2) is 0 Å². The Kier molecular flexibility index (Phi) is 4.02. The third-order valence-electron chi connectivity index (χ3n) is 1.32. The lowest BCUT2D eigenvalue weighted by Crippen LogP contribution is -2.31. The largest absolute Gasteiger partial charge is 0.481 e. The average Bonchev–Trinajstić information content (AvgIpc) is 2.05. The van der Waals surface area contributed by atoms with Gasteiger partial charge in [0.1, 0.15) is 5.92 Å². The fourth-order valence-electron chi connectivity index (χ4n) is 0.633. The molecule has 5 nitrogen and oxygen atoms in total. The summed E-state index contributed by atoms with van der Waals surface area (Å²) >= 11 is 0. The maximum absolute atomic E-state index is 10.9. The third kappa shape index (κ3) is 2.45. The Hall–Kier alpha value is -1.26. The van der Waals surface area contributed by atoms with E-state index in [2.05, 4.69) is 15.2 Å². The predicted molar refractivity (Wildman–Crippen MR) is 39.5 cm³/mol. The lowest BCUT2D eigenvalue weighted by Gasteiger charge is -2.09. The Balaban J connectivity index is 4.21. The van der Waals surface area contributed by atoms with Crippen molar-refractivity contribution in [1.82, 2.24) is 5.32 Å². The first-order valence-corrected chi connectivity index (χ1v) is 3.14. The summed E-state index contributed by atoms with van der Waals surface area (Å²) in [5.41, 5.74) is 0. The maximum Gasteiger partial charge on any atom is 0.237 e. The van der Waals surface area contributed by atoms with Gasteiger partial charge in [0.2, 0.25) is 11.8 Å². The van der Waals surface area contributed by atoms with Gasteiger partial charge in [-0.15, -0.1) is 0 Å². The second-order valence-corrected chi connectivity index (χ2v) is 1.98. The van der Waals surface area contributed by atoms with Gasteiger partial charge in [0.25, 0.3) is 0 Å². The Bertz CT molecular complexity index is 167. The number of carbonyl (C=O) groups is 1. The Morgan fingerprint density at radius 3 is 2.55 bits per heavy atom. The first-order chi connectivity index (χ1) is 5.17. The van der Waals surface area contributed by atoms with Crippen molar-refractivity contribution in [3.63, 3.8) is 0 Å². The molecule has 0 aliphatic rings. The number of hydrogen-bond donors (Lipinski definition) is 2. The predicted octanol–water partition coefficient (Wildman–Crippen LogP) is -0.197. The molecule has 0 aromatic heterocycles. The second kappa shape index (κ2) is 4.54. The van der Waals surface area contributed by atoms with E-state index in [1.54, 1.807) is 6.92 Å². The lowest BCUT2D eigenvalue weighted by molar-refractivity contribution is -0.122. The molecule has 0 aliphatic carbocycles. The minimum absolute atomic E-state index is 0.00403. The van der Waals surface area contributed by atoms with Crippen molar-refractivity contribution in [3.8, 4) is 0 Å². The molecule has 0 fully saturated rings. The Morgan fingerprint density at radius 1 is 1.73 bits per heavy atom. The zero-order valence-corrected chi connectivity index (χ0v) is 6.79. The summed E-state index contributed by atoms with van der Waals surface area (Å²) < 4.78 is 4.62. The van der Waals surface area contributed by atoms with Crippen LogP contribution in [0.3, 0.4) is 0 Å². The van der Waals surface area contributed by atoms with Crippen molar-refractivity contribution in [3.05, 3.63) is 0 Å². The highest BCUT2D eigenvalue weighted by Gasteiger charge is 2.18. The van der Waals surface area contributed by atoms with Crippen LogP contribution < -0.4 is 5.32 Å². The van der Waals surface area contributed by atoms with Gasteiger partial charge in [-0.25, -0.2) is 0 Å². The summed E-state index contributed by atoms with van der Waals surface area (Å²) in [5.74, 6) is -0.806. The zero-order chi connectivity index (χ0) is 8.85. The van der Waals surface area contributed by atoms with E-state index in [1.807, 2.05) is 0 Å². The summed E-state index contributed by atoms with van der Waals surface area (Å²) in [5, 5.41) is 13.5. The van der Waals surface area contributed by atoms with Gasteiger partial charge >= 0.3 is 0 Å². The number of oxime groups is 1. The molecule has 0 aromatic rings. The Morgan fingerprint density at radius 2 is 2.27 bits per heavy atom. The molecule has 64 valence electrons. The molecule has 0 bridgehead atoms. The summed E-state index contributed by atoms with van der Waals surface area (Å²) in [4.78, 5) is 10.9. The minimum atomic E-state index is -0.560. The van der Waals surface area contributed by atoms with Crippen molar-refractivity contribution in [1.29, 1.82) is 0 Å². The van der Waals surface area contributed by atoms with Crippen molar-refractivity contribution in [2.24, 2.45) is 11.1 Å². The SMILES string of the molecule is CNC(=O)C(C)/C(=N\O)OC. The first kappa shape index (κ1) is 9.74. The molecule has 0 aliphatic heterocycles. The number of amides is 1. The van der Waals surface area contributed by atoms with E-state index in [4.69, 9.17) is 5.21 Å². The van der Waals surface area contributed by atoms with Gasteiger partial charge in [-0.2, -0.15) is 0 Å². The standard InChI is InChI=1S/C6H12N2O3/c1-4(5(9)7-2)6(8-10)11-3/h4,10H,1-3H3,(H,7,9)/b8-6+. The molecule has 0 spiro atoms. The molecule has 0 saturated heterocycles. The van der Waals surface area contributed by atoms with Crippen LogP contribution in [0.4, 0.5) is 0 Å². The van der Waals surface area contributed by atoms with Crippen LogP contribution in [0, 0.1) is 5.92 Å². The molecule has 0 rings (SSSR count). The number of carbonyl (C=O) groups excluding carboxylic acids is 1. The van der Waals surface area contributed by atoms with E-state index < -0.39 is 5.92 Å². The van der Waals surface area contributed by atoms with E-state index in [1.165, 1.54) is 14.2 Å². The topological polar surface area (TPSA) is 70.9 Å². The zero-order valence-electron chi connectivity index (χ0n) is 6.79. The molecule has 2 N–H and O–H groups in total. The number of nitrogens with one attached hydrogen (secondary N) is 1. The minimum Gasteiger partial charge on any atom is -0.481 e. The summed E-state index contributed by atoms with van der Waals surface area (Å²) in [6.07, 6.45) is 0. The van der Waals surface area contributed by atoms with Crippen LogP contribution in [0.15, 0.2) is 5.16 Å². The van der Waals surface area contributed by atoms with Gasteiger partial charge in [-0.05, 0) is 6.92 Å². The maximum atomic E-state index is 10.9. The van der Waals surface area contributed by atoms with Crippen LogP contribution in [0.5, 0.6) is 0 Å². The molecule has 0 heterocycles.